The number of likely N-dealkylation sites (tertiary alicyclic amines) is 1. The van der Waals surface area contributed by atoms with Crippen LogP contribution in [0.25, 0.3) is 0 Å². The largest absolute Gasteiger partial charge is 0.480 e. The first-order valence-electron chi connectivity index (χ1n) is 4.92. The average Bonchev–Trinajstić information content (AvgIpc) is 2.57. The van der Waals surface area contributed by atoms with E-state index in [1.165, 1.54) is 4.90 Å². The van der Waals surface area contributed by atoms with Gasteiger partial charge in [-0.1, -0.05) is 0 Å². The summed E-state index contributed by atoms with van der Waals surface area (Å²) in [5, 5.41) is 25.9. The molecular formula is C9H13NO7. The molecule has 0 aromatic carbocycles. The average molecular weight is 247 g/mol. The Hall–Kier alpha value is -1.67. The van der Waals surface area contributed by atoms with E-state index in [-0.39, 0.29) is 13.0 Å². The van der Waals surface area contributed by atoms with Crippen molar-refractivity contribution in [3.05, 3.63) is 0 Å². The molecule has 0 aromatic rings. The van der Waals surface area contributed by atoms with Crippen LogP contribution in [0.4, 0.5) is 0 Å². The van der Waals surface area contributed by atoms with Crippen molar-refractivity contribution in [2.45, 2.75) is 18.6 Å². The van der Waals surface area contributed by atoms with E-state index in [9.17, 15) is 14.4 Å². The third-order valence-corrected chi connectivity index (χ3v) is 2.43. The van der Waals surface area contributed by atoms with Gasteiger partial charge in [0.15, 0.2) is 0 Å². The van der Waals surface area contributed by atoms with E-state index in [4.69, 9.17) is 20.1 Å². The van der Waals surface area contributed by atoms with Crippen LogP contribution in [-0.2, 0) is 19.1 Å². The fraction of sp³-hybridized carbons (Fsp3) is 0.667. The lowest BCUT2D eigenvalue weighted by Crippen LogP contribution is -2.39. The zero-order valence-electron chi connectivity index (χ0n) is 8.90. The van der Waals surface area contributed by atoms with Crippen molar-refractivity contribution < 1.29 is 34.4 Å². The summed E-state index contributed by atoms with van der Waals surface area (Å²) in [6.45, 7) is -0.807. The number of rotatable bonds is 6. The van der Waals surface area contributed by atoms with Gasteiger partial charge in [0.1, 0.15) is 12.6 Å². The summed E-state index contributed by atoms with van der Waals surface area (Å²) in [6.07, 6.45) is -0.470. The Labute approximate surface area is 96.4 Å². The highest BCUT2D eigenvalue weighted by Crippen LogP contribution is 2.20. The summed E-state index contributed by atoms with van der Waals surface area (Å²) < 4.78 is 4.96. The monoisotopic (exact) mass is 247 g/mol. The molecule has 3 N–H and O–H groups in total. The van der Waals surface area contributed by atoms with E-state index in [1.807, 2.05) is 0 Å². The number of hydrogen-bond acceptors (Lipinski definition) is 5. The van der Waals surface area contributed by atoms with Gasteiger partial charge in [-0.3, -0.25) is 14.5 Å². The molecule has 0 saturated carbocycles. The van der Waals surface area contributed by atoms with Crippen LogP contribution in [-0.4, -0.2) is 70.0 Å². The van der Waals surface area contributed by atoms with Crippen LogP contribution in [0.15, 0.2) is 0 Å². The quantitative estimate of drug-likeness (QED) is 0.529. The molecule has 0 aliphatic carbocycles. The Morgan fingerprint density at radius 1 is 1.18 bits per heavy atom. The molecule has 0 spiro atoms. The molecule has 0 aromatic heterocycles. The normalized spacial score (nSPS) is 24.7. The third-order valence-electron chi connectivity index (χ3n) is 2.43. The maximum Gasteiger partial charge on any atom is 0.329 e. The summed E-state index contributed by atoms with van der Waals surface area (Å²) in [7, 11) is 0. The Bertz CT molecular complexity index is 329. The van der Waals surface area contributed by atoms with Crippen LogP contribution < -0.4 is 0 Å². The zero-order chi connectivity index (χ0) is 13.0. The molecule has 1 unspecified atom stereocenters. The molecule has 1 rings (SSSR count). The van der Waals surface area contributed by atoms with Crippen molar-refractivity contribution in [2.75, 3.05) is 19.7 Å². The van der Waals surface area contributed by atoms with E-state index < -0.39 is 43.2 Å². The van der Waals surface area contributed by atoms with Crippen LogP contribution >= 0.6 is 0 Å². The predicted octanol–water partition coefficient (Wildman–Crippen LogP) is -1.30. The standard InChI is InChI=1S/C9H13NO7/c11-7(12)3-10-2-5(17-4-8(13)14)1-6(10)9(15)16/h5-6H,1-4H2,(H,11,12)(H,13,14)(H,15,16)/t5?,6-/m0/s1. The highest BCUT2D eigenvalue weighted by Gasteiger charge is 2.38. The molecule has 1 aliphatic rings. The van der Waals surface area contributed by atoms with E-state index in [0.717, 1.165) is 0 Å². The first-order chi connectivity index (χ1) is 7.90. The fourth-order valence-corrected chi connectivity index (χ4v) is 1.78. The summed E-state index contributed by atoms with van der Waals surface area (Å²) in [4.78, 5) is 32.9. The van der Waals surface area contributed by atoms with Crippen LogP contribution in [0.1, 0.15) is 6.42 Å². The van der Waals surface area contributed by atoms with Crippen molar-refractivity contribution in [1.82, 2.24) is 4.90 Å². The maximum atomic E-state index is 10.9. The fourth-order valence-electron chi connectivity index (χ4n) is 1.78. The van der Waals surface area contributed by atoms with Gasteiger partial charge in [0.2, 0.25) is 0 Å². The van der Waals surface area contributed by atoms with E-state index in [2.05, 4.69) is 0 Å². The van der Waals surface area contributed by atoms with Crippen LogP contribution in [0.5, 0.6) is 0 Å². The number of carbonyl (C=O) groups is 3. The van der Waals surface area contributed by atoms with Crippen LogP contribution in [0, 0.1) is 0 Å². The zero-order valence-corrected chi connectivity index (χ0v) is 8.90. The van der Waals surface area contributed by atoms with Crippen molar-refractivity contribution in [1.29, 1.82) is 0 Å². The second-order valence-electron chi connectivity index (χ2n) is 3.74. The number of hydrogen-bond donors (Lipinski definition) is 3. The van der Waals surface area contributed by atoms with Crippen LogP contribution in [0.2, 0.25) is 0 Å². The molecule has 8 heteroatoms. The van der Waals surface area contributed by atoms with E-state index in [1.54, 1.807) is 0 Å². The summed E-state index contributed by atoms with van der Waals surface area (Å²) >= 11 is 0. The topological polar surface area (TPSA) is 124 Å². The lowest BCUT2D eigenvalue weighted by molar-refractivity contribution is -0.145. The van der Waals surface area contributed by atoms with Gasteiger partial charge in [-0.25, -0.2) is 4.79 Å². The second kappa shape index (κ2) is 5.60. The third kappa shape index (κ3) is 4.00. The van der Waals surface area contributed by atoms with Gasteiger partial charge < -0.3 is 20.1 Å². The molecular weight excluding hydrogens is 234 g/mol. The summed E-state index contributed by atoms with van der Waals surface area (Å²) in [6, 6.07) is -0.940. The van der Waals surface area contributed by atoms with Gasteiger partial charge in [0, 0.05) is 13.0 Å². The number of aliphatic carboxylic acids is 3. The Morgan fingerprint density at radius 3 is 2.29 bits per heavy atom. The van der Waals surface area contributed by atoms with Gasteiger partial charge in [0.25, 0.3) is 0 Å². The molecule has 1 aliphatic heterocycles. The number of nitrogens with zero attached hydrogens (tertiary/aromatic N) is 1. The summed E-state index contributed by atoms with van der Waals surface area (Å²) in [5.74, 6) is -3.41. The Kier molecular flexibility index (Phi) is 4.41. The molecule has 2 atom stereocenters. The Morgan fingerprint density at radius 2 is 1.82 bits per heavy atom. The molecule has 0 amide bonds. The van der Waals surface area contributed by atoms with Gasteiger partial charge in [-0.05, 0) is 0 Å². The van der Waals surface area contributed by atoms with Gasteiger partial charge in [-0.2, -0.15) is 0 Å². The Balaban J connectivity index is 2.55. The first-order valence-corrected chi connectivity index (χ1v) is 4.92. The van der Waals surface area contributed by atoms with Crippen molar-refractivity contribution in [3.63, 3.8) is 0 Å². The predicted molar refractivity (Wildman–Crippen MR) is 52.6 cm³/mol. The minimum atomic E-state index is -1.14. The van der Waals surface area contributed by atoms with Gasteiger partial charge >= 0.3 is 17.9 Å². The number of carboxylic acids is 3. The molecule has 96 valence electrons. The smallest absolute Gasteiger partial charge is 0.329 e. The lowest BCUT2D eigenvalue weighted by Gasteiger charge is -2.17. The maximum absolute atomic E-state index is 10.9. The minimum absolute atomic E-state index is 0.0931. The summed E-state index contributed by atoms with van der Waals surface area (Å²) in [5.41, 5.74) is 0. The first kappa shape index (κ1) is 13.4. The highest BCUT2D eigenvalue weighted by atomic mass is 16.5. The molecule has 0 radical (unpaired) electrons. The molecule has 8 nitrogen and oxygen atoms in total. The van der Waals surface area contributed by atoms with E-state index >= 15 is 0 Å². The number of carboxylic acid groups (broad SMARTS) is 3. The van der Waals surface area contributed by atoms with Crippen LogP contribution in [0.3, 0.4) is 0 Å². The van der Waals surface area contributed by atoms with Crippen molar-refractivity contribution >= 4 is 17.9 Å². The molecule has 1 heterocycles. The minimum Gasteiger partial charge on any atom is -0.480 e. The van der Waals surface area contributed by atoms with Crippen molar-refractivity contribution in [3.8, 4) is 0 Å². The van der Waals surface area contributed by atoms with E-state index in [0.29, 0.717) is 0 Å². The van der Waals surface area contributed by atoms with Gasteiger partial charge in [-0.15, -0.1) is 0 Å². The number of ether oxygens (including phenoxy) is 1. The SMILES string of the molecule is O=C(O)COC1C[C@@H](C(=O)O)N(CC(=O)O)C1. The second-order valence-corrected chi connectivity index (χ2v) is 3.74. The molecule has 0 bridgehead atoms. The molecule has 1 saturated heterocycles. The van der Waals surface area contributed by atoms with Crippen molar-refractivity contribution in [2.24, 2.45) is 0 Å². The molecule has 1 fully saturated rings. The highest BCUT2D eigenvalue weighted by molar-refractivity contribution is 5.76. The van der Waals surface area contributed by atoms with Gasteiger partial charge in [0.05, 0.1) is 12.6 Å². The lowest BCUT2D eigenvalue weighted by atomic mass is 10.2. The molecule has 17 heavy (non-hydrogen) atoms.